The molecule has 0 aliphatic heterocycles. The van der Waals surface area contributed by atoms with Crippen molar-refractivity contribution in [1.29, 1.82) is 0 Å². The van der Waals surface area contributed by atoms with Crippen LogP contribution in [-0.4, -0.2) is 28.8 Å². The number of urea groups is 1. The molecule has 4 aromatic rings. The highest BCUT2D eigenvalue weighted by Crippen LogP contribution is 2.24. The number of benzene rings is 3. The molecule has 0 saturated heterocycles. The number of aromatic nitrogens is 2. The lowest BCUT2D eigenvalue weighted by molar-refractivity contribution is 0.102. The van der Waals surface area contributed by atoms with E-state index in [1.807, 2.05) is 60.7 Å². The summed E-state index contributed by atoms with van der Waals surface area (Å²) in [6.07, 6.45) is 1.76. The molecule has 0 bridgehead atoms. The van der Waals surface area contributed by atoms with Crippen LogP contribution < -0.4 is 16.0 Å². The average molecular weight is 425 g/mol. The normalized spacial score (nSPS) is 10.4. The van der Waals surface area contributed by atoms with Crippen LogP contribution in [0.1, 0.15) is 15.9 Å². The molecule has 0 radical (unpaired) electrons. The number of carbonyl (C=O) groups is 2. The number of amides is 3. The number of anilines is 2. The van der Waals surface area contributed by atoms with Gasteiger partial charge in [-0.2, -0.15) is 5.10 Å². The van der Waals surface area contributed by atoms with Crippen LogP contribution in [0.4, 0.5) is 16.2 Å². The fourth-order valence-corrected chi connectivity index (χ4v) is 3.31. The summed E-state index contributed by atoms with van der Waals surface area (Å²) >= 11 is 0. The van der Waals surface area contributed by atoms with Crippen molar-refractivity contribution in [3.05, 3.63) is 102 Å². The summed E-state index contributed by atoms with van der Waals surface area (Å²) in [6, 6.07) is 26.2. The van der Waals surface area contributed by atoms with Gasteiger partial charge in [0.2, 0.25) is 0 Å². The molecule has 1 aromatic heterocycles. The van der Waals surface area contributed by atoms with Crippen LogP contribution in [-0.2, 0) is 6.54 Å². The van der Waals surface area contributed by atoms with E-state index in [0.717, 1.165) is 11.1 Å². The third-order valence-electron chi connectivity index (χ3n) is 4.85. The maximum Gasteiger partial charge on any atom is 0.318 e. The Morgan fingerprint density at radius 2 is 1.50 bits per heavy atom. The number of carbonyl (C=O) groups excluding carboxylic acids is 2. The first-order valence-corrected chi connectivity index (χ1v) is 10.2. The maximum absolute atomic E-state index is 13.2. The molecule has 0 aliphatic rings. The molecule has 3 N–H and O–H groups in total. The van der Waals surface area contributed by atoms with Crippen LogP contribution in [0.15, 0.2) is 91.1 Å². The zero-order valence-electron chi connectivity index (χ0n) is 17.6. The molecule has 0 saturated carbocycles. The SMILES string of the molecule is CNC(=O)Nc1cccc(NC(=O)c2cn(Cc3ccccc3)nc2-c2ccccc2)c1. The van der Waals surface area contributed by atoms with E-state index in [4.69, 9.17) is 5.10 Å². The molecule has 3 aromatic carbocycles. The second-order valence-electron chi connectivity index (χ2n) is 7.18. The van der Waals surface area contributed by atoms with Gasteiger partial charge in [0.05, 0.1) is 12.1 Å². The van der Waals surface area contributed by atoms with Crippen LogP contribution >= 0.6 is 0 Å². The van der Waals surface area contributed by atoms with Crippen LogP contribution in [0.25, 0.3) is 11.3 Å². The van der Waals surface area contributed by atoms with Gasteiger partial charge >= 0.3 is 6.03 Å². The molecule has 7 nitrogen and oxygen atoms in total. The van der Waals surface area contributed by atoms with E-state index in [1.54, 1.807) is 42.2 Å². The van der Waals surface area contributed by atoms with Crippen LogP contribution in [0.3, 0.4) is 0 Å². The van der Waals surface area contributed by atoms with Crippen molar-refractivity contribution in [2.45, 2.75) is 6.54 Å². The van der Waals surface area contributed by atoms with Gasteiger partial charge in [-0.1, -0.05) is 66.7 Å². The van der Waals surface area contributed by atoms with Crippen LogP contribution in [0, 0.1) is 0 Å². The predicted molar refractivity (Wildman–Crippen MR) is 126 cm³/mol. The van der Waals surface area contributed by atoms with E-state index >= 15 is 0 Å². The van der Waals surface area contributed by atoms with Gasteiger partial charge in [0.1, 0.15) is 5.69 Å². The van der Waals surface area contributed by atoms with Crippen molar-refractivity contribution < 1.29 is 9.59 Å². The molecule has 0 atom stereocenters. The first kappa shape index (κ1) is 20.9. The summed E-state index contributed by atoms with van der Waals surface area (Å²) in [5.41, 5.74) is 4.17. The third-order valence-corrected chi connectivity index (χ3v) is 4.85. The highest BCUT2D eigenvalue weighted by molar-refractivity contribution is 6.08. The first-order chi connectivity index (χ1) is 15.6. The third kappa shape index (κ3) is 5.02. The summed E-state index contributed by atoms with van der Waals surface area (Å²) in [7, 11) is 1.54. The van der Waals surface area contributed by atoms with Crippen molar-refractivity contribution in [2.75, 3.05) is 17.7 Å². The summed E-state index contributed by atoms with van der Waals surface area (Å²) in [5, 5.41) is 12.8. The summed E-state index contributed by atoms with van der Waals surface area (Å²) in [5.74, 6) is -0.278. The standard InChI is InChI=1S/C25H23N5O2/c1-26-25(32)28-21-14-8-13-20(15-21)27-24(31)22-17-30(16-18-9-4-2-5-10-18)29-23(22)19-11-6-3-7-12-19/h2-15,17H,16H2,1H3,(H,27,31)(H2,26,28,32). The minimum absolute atomic E-state index is 0.278. The average Bonchev–Trinajstić information content (AvgIpc) is 3.24. The molecule has 32 heavy (non-hydrogen) atoms. The first-order valence-electron chi connectivity index (χ1n) is 10.2. The monoisotopic (exact) mass is 425 g/mol. The van der Waals surface area contributed by atoms with Gasteiger partial charge in [-0.05, 0) is 23.8 Å². The lowest BCUT2D eigenvalue weighted by Crippen LogP contribution is -2.24. The molecule has 0 aliphatic carbocycles. The Kier molecular flexibility index (Phi) is 6.27. The molecule has 0 unspecified atom stereocenters. The van der Waals surface area contributed by atoms with Crippen LogP contribution in [0.2, 0.25) is 0 Å². The number of nitrogens with zero attached hydrogens (tertiary/aromatic N) is 2. The molecule has 4 rings (SSSR count). The zero-order valence-corrected chi connectivity index (χ0v) is 17.6. The van der Waals surface area contributed by atoms with Crippen molar-refractivity contribution in [1.82, 2.24) is 15.1 Å². The molecule has 0 fully saturated rings. The minimum Gasteiger partial charge on any atom is -0.341 e. The van der Waals surface area contributed by atoms with Gasteiger partial charge in [0.25, 0.3) is 5.91 Å². The molecule has 0 spiro atoms. The van der Waals surface area contributed by atoms with Crippen molar-refractivity contribution >= 4 is 23.3 Å². The summed E-state index contributed by atoms with van der Waals surface area (Å²) in [4.78, 5) is 24.8. The quantitative estimate of drug-likeness (QED) is 0.422. The van der Waals surface area contributed by atoms with E-state index in [0.29, 0.717) is 29.2 Å². The van der Waals surface area contributed by atoms with Gasteiger partial charge in [-0.25, -0.2) is 4.79 Å². The Morgan fingerprint density at radius 3 is 2.19 bits per heavy atom. The van der Waals surface area contributed by atoms with Gasteiger partial charge in [0, 0.05) is 30.2 Å². The van der Waals surface area contributed by atoms with Gasteiger partial charge in [-0.3, -0.25) is 9.48 Å². The lowest BCUT2D eigenvalue weighted by atomic mass is 10.1. The van der Waals surface area contributed by atoms with Gasteiger partial charge < -0.3 is 16.0 Å². The van der Waals surface area contributed by atoms with Crippen molar-refractivity contribution in [2.24, 2.45) is 0 Å². The van der Waals surface area contributed by atoms with Crippen molar-refractivity contribution in [3.8, 4) is 11.3 Å². The zero-order chi connectivity index (χ0) is 22.3. The van der Waals surface area contributed by atoms with E-state index in [2.05, 4.69) is 16.0 Å². The van der Waals surface area contributed by atoms with E-state index in [9.17, 15) is 9.59 Å². The molecule has 1 heterocycles. The van der Waals surface area contributed by atoms with Crippen LogP contribution in [0.5, 0.6) is 0 Å². The van der Waals surface area contributed by atoms with E-state index in [-0.39, 0.29) is 11.9 Å². The smallest absolute Gasteiger partial charge is 0.318 e. The Balaban J connectivity index is 1.62. The highest BCUT2D eigenvalue weighted by Gasteiger charge is 2.18. The molecule has 7 heteroatoms. The fourth-order valence-electron chi connectivity index (χ4n) is 3.31. The predicted octanol–water partition coefficient (Wildman–Crippen LogP) is 4.60. The lowest BCUT2D eigenvalue weighted by Gasteiger charge is -2.08. The Labute approximate surface area is 186 Å². The van der Waals surface area contributed by atoms with Gasteiger partial charge in [-0.15, -0.1) is 0 Å². The highest BCUT2D eigenvalue weighted by atomic mass is 16.2. The second kappa shape index (κ2) is 9.61. The number of hydrogen-bond acceptors (Lipinski definition) is 3. The molecule has 3 amide bonds. The number of rotatable bonds is 6. The maximum atomic E-state index is 13.2. The molecular weight excluding hydrogens is 402 g/mol. The van der Waals surface area contributed by atoms with Gasteiger partial charge in [0.15, 0.2) is 0 Å². The largest absolute Gasteiger partial charge is 0.341 e. The van der Waals surface area contributed by atoms with E-state index < -0.39 is 0 Å². The molecular formula is C25H23N5O2. The minimum atomic E-state index is -0.331. The summed E-state index contributed by atoms with van der Waals surface area (Å²) < 4.78 is 1.77. The Hall–Kier alpha value is -4.39. The topological polar surface area (TPSA) is 88.0 Å². The summed E-state index contributed by atoms with van der Waals surface area (Å²) in [6.45, 7) is 0.555. The fraction of sp³-hybridized carbons (Fsp3) is 0.0800. The van der Waals surface area contributed by atoms with Crippen molar-refractivity contribution in [3.63, 3.8) is 0 Å². The Morgan fingerprint density at radius 1 is 0.844 bits per heavy atom. The Bertz CT molecular complexity index is 1220. The number of hydrogen-bond donors (Lipinski definition) is 3. The second-order valence-corrected chi connectivity index (χ2v) is 7.18. The number of nitrogens with one attached hydrogen (secondary N) is 3. The van der Waals surface area contributed by atoms with E-state index in [1.165, 1.54) is 0 Å². The molecule has 160 valence electrons.